The fourth-order valence-corrected chi connectivity index (χ4v) is 2.13. The number of carbonyl (C=O) groups is 2. The third kappa shape index (κ3) is 8.62. The lowest BCUT2D eigenvalue weighted by atomic mass is 10.0. The van der Waals surface area contributed by atoms with Crippen molar-refractivity contribution < 1.29 is 23.5 Å². The second kappa shape index (κ2) is 11.6. The number of ether oxygens (including phenoxy) is 2. The summed E-state index contributed by atoms with van der Waals surface area (Å²) in [5, 5.41) is 2.69. The van der Waals surface area contributed by atoms with Crippen LogP contribution < -0.4 is 5.32 Å². The first-order chi connectivity index (χ1) is 11.5. The normalized spacial score (nSPS) is 11.8. The van der Waals surface area contributed by atoms with Crippen molar-refractivity contribution in [1.29, 1.82) is 0 Å². The maximum absolute atomic E-state index is 13.1. The zero-order valence-electron chi connectivity index (χ0n) is 14.3. The third-order valence-corrected chi connectivity index (χ3v) is 3.42. The van der Waals surface area contributed by atoms with Crippen molar-refractivity contribution in [2.24, 2.45) is 5.92 Å². The summed E-state index contributed by atoms with van der Waals surface area (Å²) in [6.45, 7) is 5.24. The Bertz CT molecular complexity index is 521. The summed E-state index contributed by atoms with van der Waals surface area (Å²) >= 11 is 0. The summed E-state index contributed by atoms with van der Waals surface area (Å²) in [5.41, 5.74) is 0.721. The molecular formula is C18H26FNO4. The Labute approximate surface area is 142 Å². The molecule has 24 heavy (non-hydrogen) atoms. The highest BCUT2D eigenvalue weighted by molar-refractivity contribution is 5.81. The second-order valence-corrected chi connectivity index (χ2v) is 5.60. The number of hydrogen-bond donors (Lipinski definition) is 1. The van der Waals surface area contributed by atoms with Gasteiger partial charge in [0.1, 0.15) is 5.82 Å². The average molecular weight is 339 g/mol. The largest absolute Gasteiger partial charge is 0.455 e. The molecule has 0 bridgehead atoms. The van der Waals surface area contributed by atoms with Crippen LogP contribution in [0.4, 0.5) is 4.39 Å². The van der Waals surface area contributed by atoms with Gasteiger partial charge < -0.3 is 14.8 Å². The molecule has 134 valence electrons. The van der Waals surface area contributed by atoms with Crippen LogP contribution in [-0.4, -0.2) is 38.2 Å². The van der Waals surface area contributed by atoms with E-state index in [4.69, 9.17) is 9.47 Å². The van der Waals surface area contributed by atoms with E-state index in [2.05, 4.69) is 5.32 Å². The number of amides is 1. The zero-order chi connectivity index (χ0) is 17.8. The molecule has 1 rings (SSSR count). The first kappa shape index (κ1) is 20.1. The molecule has 0 aromatic heterocycles. The van der Waals surface area contributed by atoms with E-state index in [0.717, 1.165) is 18.4 Å². The predicted octanol–water partition coefficient (Wildman–Crippen LogP) is 2.48. The van der Waals surface area contributed by atoms with E-state index in [1.54, 1.807) is 19.1 Å². The molecule has 6 heteroatoms. The number of nitrogens with one attached hydrogen (secondary N) is 1. The topological polar surface area (TPSA) is 64.6 Å². The smallest absolute Gasteiger partial charge is 0.309 e. The fraction of sp³-hybridized carbons (Fsp3) is 0.556. The molecule has 1 aromatic rings. The number of carbonyl (C=O) groups excluding carboxylic acids is 2. The molecule has 1 unspecified atom stereocenters. The van der Waals surface area contributed by atoms with Crippen molar-refractivity contribution in [3.8, 4) is 0 Å². The Kier molecular flexibility index (Phi) is 9.68. The van der Waals surface area contributed by atoms with Crippen molar-refractivity contribution in [2.45, 2.75) is 33.1 Å². The van der Waals surface area contributed by atoms with Gasteiger partial charge >= 0.3 is 5.97 Å². The third-order valence-electron chi connectivity index (χ3n) is 3.42. The Morgan fingerprint density at radius 3 is 2.79 bits per heavy atom. The summed E-state index contributed by atoms with van der Waals surface area (Å²) in [4.78, 5) is 23.5. The van der Waals surface area contributed by atoms with Gasteiger partial charge in [-0.25, -0.2) is 4.39 Å². The van der Waals surface area contributed by atoms with Gasteiger partial charge in [0.15, 0.2) is 6.61 Å². The van der Waals surface area contributed by atoms with Crippen LogP contribution in [0.2, 0.25) is 0 Å². The van der Waals surface area contributed by atoms with E-state index >= 15 is 0 Å². The maximum atomic E-state index is 13.1. The Morgan fingerprint density at radius 2 is 2.08 bits per heavy atom. The van der Waals surface area contributed by atoms with Gasteiger partial charge in [0.2, 0.25) is 0 Å². The number of hydrogen-bond acceptors (Lipinski definition) is 4. The molecule has 1 aromatic carbocycles. The monoisotopic (exact) mass is 339 g/mol. The van der Waals surface area contributed by atoms with Crippen LogP contribution in [-0.2, 0) is 25.5 Å². The van der Waals surface area contributed by atoms with Gasteiger partial charge in [0, 0.05) is 19.8 Å². The number of unbranched alkanes of at least 4 members (excludes halogenated alkanes) is 1. The average Bonchev–Trinajstić information content (AvgIpc) is 2.55. The SMILES string of the molecule is CCOCCCCNC(=O)COC(=O)C(C)Cc1cccc(F)c1. The lowest BCUT2D eigenvalue weighted by Crippen LogP contribution is -2.31. The lowest BCUT2D eigenvalue weighted by Gasteiger charge is -2.12. The minimum atomic E-state index is -0.467. The molecule has 0 aliphatic carbocycles. The van der Waals surface area contributed by atoms with Crippen LogP contribution >= 0.6 is 0 Å². The lowest BCUT2D eigenvalue weighted by molar-refractivity contribution is -0.152. The van der Waals surface area contributed by atoms with E-state index in [1.807, 2.05) is 6.92 Å². The van der Waals surface area contributed by atoms with Gasteiger partial charge in [-0.05, 0) is 43.9 Å². The molecule has 0 spiro atoms. The second-order valence-electron chi connectivity index (χ2n) is 5.60. The van der Waals surface area contributed by atoms with Gasteiger partial charge in [-0.1, -0.05) is 19.1 Å². The molecule has 1 atom stereocenters. The first-order valence-corrected chi connectivity index (χ1v) is 8.28. The summed E-state index contributed by atoms with van der Waals surface area (Å²) < 4.78 is 23.3. The van der Waals surface area contributed by atoms with Gasteiger partial charge in [0.25, 0.3) is 5.91 Å². The fourth-order valence-electron chi connectivity index (χ4n) is 2.13. The molecule has 1 amide bonds. The molecule has 0 saturated carbocycles. The van der Waals surface area contributed by atoms with E-state index in [0.29, 0.717) is 26.2 Å². The summed E-state index contributed by atoms with van der Waals surface area (Å²) in [5.74, 6) is -1.56. The van der Waals surface area contributed by atoms with Crippen LogP contribution in [0.5, 0.6) is 0 Å². The molecule has 0 radical (unpaired) electrons. The highest BCUT2D eigenvalue weighted by atomic mass is 19.1. The summed E-state index contributed by atoms with van der Waals surface area (Å²) in [7, 11) is 0. The molecule has 5 nitrogen and oxygen atoms in total. The predicted molar refractivity (Wildman–Crippen MR) is 89.0 cm³/mol. The summed E-state index contributed by atoms with van der Waals surface area (Å²) in [6, 6.07) is 6.09. The zero-order valence-corrected chi connectivity index (χ0v) is 14.3. The quantitative estimate of drug-likeness (QED) is 0.497. The van der Waals surface area contributed by atoms with Gasteiger partial charge in [-0.15, -0.1) is 0 Å². The van der Waals surface area contributed by atoms with E-state index in [9.17, 15) is 14.0 Å². The van der Waals surface area contributed by atoms with E-state index in [1.165, 1.54) is 12.1 Å². The highest BCUT2D eigenvalue weighted by Crippen LogP contribution is 2.11. The molecule has 0 aliphatic heterocycles. The number of halogens is 1. The standard InChI is InChI=1S/C18H26FNO4/c1-3-23-10-5-4-9-20-17(21)13-24-18(22)14(2)11-15-7-6-8-16(19)12-15/h6-8,12,14H,3-5,9-11,13H2,1-2H3,(H,20,21). The molecule has 0 heterocycles. The minimum Gasteiger partial charge on any atom is -0.455 e. The maximum Gasteiger partial charge on any atom is 0.309 e. The number of rotatable bonds is 11. The van der Waals surface area contributed by atoms with Crippen molar-refractivity contribution >= 4 is 11.9 Å². The van der Waals surface area contributed by atoms with Crippen LogP contribution in [0.25, 0.3) is 0 Å². The van der Waals surface area contributed by atoms with Crippen LogP contribution in [0.3, 0.4) is 0 Å². The van der Waals surface area contributed by atoms with Crippen molar-refractivity contribution in [1.82, 2.24) is 5.32 Å². The van der Waals surface area contributed by atoms with E-state index in [-0.39, 0.29) is 18.3 Å². The minimum absolute atomic E-state index is 0.294. The Balaban J connectivity index is 2.18. The Hall–Kier alpha value is -1.95. The molecule has 1 N–H and O–H groups in total. The van der Waals surface area contributed by atoms with Crippen molar-refractivity contribution in [3.05, 3.63) is 35.6 Å². The molecule has 0 aliphatic rings. The first-order valence-electron chi connectivity index (χ1n) is 8.28. The highest BCUT2D eigenvalue weighted by Gasteiger charge is 2.16. The summed E-state index contributed by atoms with van der Waals surface area (Å²) in [6.07, 6.45) is 2.06. The molecule has 0 saturated heterocycles. The number of esters is 1. The van der Waals surface area contributed by atoms with Crippen LogP contribution in [0.15, 0.2) is 24.3 Å². The molecule has 0 fully saturated rings. The Morgan fingerprint density at radius 1 is 1.29 bits per heavy atom. The van der Waals surface area contributed by atoms with Gasteiger partial charge in [-0.2, -0.15) is 0 Å². The van der Waals surface area contributed by atoms with Crippen LogP contribution in [0, 0.1) is 11.7 Å². The van der Waals surface area contributed by atoms with E-state index < -0.39 is 11.9 Å². The van der Waals surface area contributed by atoms with Crippen molar-refractivity contribution in [2.75, 3.05) is 26.4 Å². The van der Waals surface area contributed by atoms with Crippen molar-refractivity contribution in [3.63, 3.8) is 0 Å². The number of benzene rings is 1. The van der Waals surface area contributed by atoms with Crippen LogP contribution in [0.1, 0.15) is 32.3 Å². The van der Waals surface area contributed by atoms with Gasteiger partial charge in [0.05, 0.1) is 5.92 Å². The van der Waals surface area contributed by atoms with Gasteiger partial charge in [-0.3, -0.25) is 9.59 Å². The molecular weight excluding hydrogens is 313 g/mol.